The van der Waals surface area contributed by atoms with Crippen LogP contribution < -0.4 is 5.32 Å². The van der Waals surface area contributed by atoms with Crippen LogP contribution in [0.2, 0.25) is 0 Å². The average molecular weight is 382 g/mol. The van der Waals surface area contributed by atoms with Gasteiger partial charge in [-0.05, 0) is 30.5 Å². The SMILES string of the molecule is CCCn1c(SCC(=O)NCCc2ccccc2)nnc1-c1ccncc1. The highest BCUT2D eigenvalue weighted by molar-refractivity contribution is 7.99. The fraction of sp³-hybridized carbons (Fsp3) is 0.300. The van der Waals surface area contributed by atoms with Crippen molar-refractivity contribution in [3.05, 3.63) is 60.4 Å². The molecule has 0 atom stereocenters. The Morgan fingerprint density at radius 2 is 1.89 bits per heavy atom. The number of amides is 1. The van der Waals surface area contributed by atoms with Gasteiger partial charge in [-0.1, -0.05) is 49.0 Å². The Labute approximate surface area is 163 Å². The smallest absolute Gasteiger partial charge is 0.230 e. The van der Waals surface area contributed by atoms with Gasteiger partial charge in [-0.2, -0.15) is 0 Å². The molecule has 0 aliphatic carbocycles. The zero-order chi connectivity index (χ0) is 18.9. The number of pyridine rings is 1. The molecule has 1 N–H and O–H groups in total. The number of nitrogens with zero attached hydrogens (tertiary/aromatic N) is 4. The summed E-state index contributed by atoms with van der Waals surface area (Å²) in [7, 11) is 0. The van der Waals surface area contributed by atoms with Crippen molar-refractivity contribution >= 4 is 17.7 Å². The Balaban J connectivity index is 1.55. The van der Waals surface area contributed by atoms with Crippen LogP contribution in [0.4, 0.5) is 0 Å². The normalized spacial score (nSPS) is 10.7. The summed E-state index contributed by atoms with van der Waals surface area (Å²) in [6.07, 6.45) is 5.28. The van der Waals surface area contributed by atoms with E-state index in [0.717, 1.165) is 35.9 Å². The number of thioether (sulfide) groups is 1. The van der Waals surface area contributed by atoms with E-state index in [-0.39, 0.29) is 5.91 Å². The molecule has 0 radical (unpaired) electrons. The molecular formula is C20H23N5OS. The maximum atomic E-state index is 12.2. The summed E-state index contributed by atoms with van der Waals surface area (Å²) in [5, 5.41) is 12.3. The molecule has 7 heteroatoms. The number of aromatic nitrogens is 4. The Morgan fingerprint density at radius 3 is 2.63 bits per heavy atom. The zero-order valence-electron chi connectivity index (χ0n) is 15.3. The van der Waals surface area contributed by atoms with Gasteiger partial charge in [0, 0.05) is 31.0 Å². The highest BCUT2D eigenvalue weighted by Gasteiger charge is 2.15. The number of hydrogen-bond donors (Lipinski definition) is 1. The van der Waals surface area contributed by atoms with E-state index < -0.39 is 0 Å². The largest absolute Gasteiger partial charge is 0.355 e. The van der Waals surface area contributed by atoms with Gasteiger partial charge in [0.15, 0.2) is 11.0 Å². The predicted octanol–water partition coefficient (Wildman–Crippen LogP) is 3.20. The van der Waals surface area contributed by atoms with E-state index in [0.29, 0.717) is 12.3 Å². The van der Waals surface area contributed by atoms with Crippen molar-refractivity contribution in [2.45, 2.75) is 31.5 Å². The molecule has 0 fully saturated rings. The minimum atomic E-state index is 0.00689. The second-order valence-electron chi connectivity index (χ2n) is 6.07. The average Bonchev–Trinajstić information content (AvgIpc) is 3.11. The lowest BCUT2D eigenvalue weighted by atomic mass is 10.1. The summed E-state index contributed by atoms with van der Waals surface area (Å²) in [5.74, 6) is 1.14. The van der Waals surface area contributed by atoms with E-state index in [2.05, 4.69) is 44.1 Å². The first-order valence-corrected chi connectivity index (χ1v) is 10.0. The molecule has 3 rings (SSSR count). The predicted molar refractivity (Wildman–Crippen MR) is 107 cm³/mol. The summed E-state index contributed by atoms with van der Waals surface area (Å²) in [6, 6.07) is 14.0. The molecule has 0 bridgehead atoms. The molecule has 0 aliphatic rings. The van der Waals surface area contributed by atoms with E-state index in [4.69, 9.17) is 0 Å². The van der Waals surface area contributed by atoms with E-state index in [1.807, 2.05) is 30.3 Å². The van der Waals surface area contributed by atoms with E-state index in [1.54, 1.807) is 12.4 Å². The van der Waals surface area contributed by atoms with Gasteiger partial charge in [-0.3, -0.25) is 9.78 Å². The van der Waals surface area contributed by atoms with Gasteiger partial charge >= 0.3 is 0 Å². The number of nitrogens with one attached hydrogen (secondary N) is 1. The standard InChI is InChI=1S/C20H23N5OS/c1-2-14-25-19(17-9-11-21-12-10-17)23-24-20(25)27-15-18(26)22-13-8-16-6-4-3-5-7-16/h3-7,9-12H,2,8,13-15H2,1H3,(H,22,26). The van der Waals surface area contributed by atoms with Crippen molar-refractivity contribution < 1.29 is 4.79 Å². The van der Waals surface area contributed by atoms with Crippen molar-refractivity contribution in [2.24, 2.45) is 0 Å². The van der Waals surface area contributed by atoms with Crippen LogP contribution in [0, 0.1) is 0 Å². The van der Waals surface area contributed by atoms with E-state index in [9.17, 15) is 4.79 Å². The molecule has 2 aromatic heterocycles. The van der Waals surface area contributed by atoms with Crippen molar-refractivity contribution in [1.29, 1.82) is 0 Å². The van der Waals surface area contributed by atoms with Gasteiger partial charge in [0.2, 0.25) is 5.91 Å². The highest BCUT2D eigenvalue weighted by atomic mass is 32.2. The zero-order valence-corrected chi connectivity index (χ0v) is 16.2. The molecule has 2 heterocycles. The molecule has 0 spiro atoms. The molecule has 140 valence electrons. The van der Waals surface area contributed by atoms with Gasteiger partial charge in [0.25, 0.3) is 0 Å². The van der Waals surface area contributed by atoms with Gasteiger partial charge in [-0.25, -0.2) is 0 Å². The van der Waals surface area contributed by atoms with E-state index >= 15 is 0 Å². The Hall–Kier alpha value is -2.67. The van der Waals surface area contributed by atoms with Gasteiger partial charge in [0.05, 0.1) is 5.75 Å². The quantitative estimate of drug-likeness (QED) is 0.576. The summed E-state index contributed by atoms with van der Waals surface area (Å²) in [5.41, 5.74) is 2.19. The minimum Gasteiger partial charge on any atom is -0.355 e. The summed E-state index contributed by atoms with van der Waals surface area (Å²) in [6.45, 7) is 3.55. The Morgan fingerprint density at radius 1 is 1.11 bits per heavy atom. The third-order valence-corrected chi connectivity index (χ3v) is 4.98. The maximum Gasteiger partial charge on any atom is 0.230 e. The second kappa shape index (κ2) is 9.87. The number of carbonyl (C=O) groups is 1. The first kappa shape index (κ1) is 19.1. The topological polar surface area (TPSA) is 72.7 Å². The van der Waals surface area contributed by atoms with Crippen molar-refractivity contribution in [1.82, 2.24) is 25.1 Å². The maximum absolute atomic E-state index is 12.2. The first-order valence-electron chi connectivity index (χ1n) is 9.05. The molecular weight excluding hydrogens is 358 g/mol. The summed E-state index contributed by atoms with van der Waals surface area (Å²) < 4.78 is 2.07. The summed E-state index contributed by atoms with van der Waals surface area (Å²) >= 11 is 1.42. The molecule has 1 amide bonds. The lowest BCUT2D eigenvalue weighted by molar-refractivity contribution is -0.118. The molecule has 27 heavy (non-hydrogen) atoms. The third-order valence-electron chi connectivity index (χ3n) is 4.01. The third kappa shape index (κ3) is 5.40. The fourth-order valence-corrected chi connectivity index (χ4v) is 3.50. The monoisotopic (exact) mass is 381 g/mol. The molecule has 0 aliphatic heterocycles. The van der Waals surface area contributed by atoms with Crippen LogP contribution in [-0.2, 0) is 17.8 Å². The van der Waals surface area contributed by atoms with Crippen LogP contribution in [0.3, 0.4) is 0 Å². The molecule has 6 nitrogen and oxygen atoms in total. The Bertz CT molecular complexity index is 851. The first-order chi connectivity index (χ1) is 13.3. The molecule has 0 saturated heterocycles. The lowest BCUT2D eigenvalue weighted by Crippen LogP contribution is -2.27. The van der Waals surface area contributed by atoms with Crippen LogP contribution in [-0.4, -0.2) is 38.0 Å². The fourth-order valence-electron chi connectivity index (χ4n) is 2.71. The van der Waals surface area contributed by atoms with Crippen LogP contribution >= 0.6 is 11.8 Å². The van der Waals surface area contributed by atoms with Gasteiger partial charge < -0.3 is 9.88 Å². The van der Waals surface area contributed by atoms with Crippen LogP contribution in [0.5, 0.6) is 0 Å². The summed E-state index contributed by atoms with van der Waals surface area (Å²) in [4.78, 5) is 16.2. The van der Waals surface area contributed by atoms with Crippen molar-refractivity contribution in [3.63, 3.8) is 0 Å². The molecule has 0 saturated carbocycles. The van der Waals surface area contributed by atoms with E-state index in [1.165, 1.54) is 17.3 Å². The molecule has 1 aromatic carbocycles. The van der Waals surface area contributed by atoms with Crippen molar-refractivity contribution in [3.8, 4) is 11.4 Å². The lowest BCUT2D eigenvalue weighted by Gasteiger charge is -2.09. The number of carbonyl (C=O) groups excluding carboxylic acids is 1. The molecule has 3 aromatic rings. The van der Waals surface area contributed by atoms with Crippen molar-refractivity contribution in [2.75, 3.05) is 12.3 Å². The second-order valence-corrected chi connectivity index (χ2v) is 7.01. The van der Waals surface area contributed by atoms with Gasteiger partial charge in [0.1, 0.15) is 0 Å². The van der Waals surface area contributed by atoms with Crippen LogP contribution in [0.25, 0.3) is 11.4 Å². The number of hydrogen-bond acceptors (Lipinski definition) is 5. The highest BCUT2D eigenvalue weighted by Crippen LogP contribution is 2.23. The number of benzene rings is 1. The van der Waals surface area contributed by atoms with Gasteiger partial charge in [-0.15, -0.1) is 10.2 Å². The minimum absolute atomic E-state index is 0.00689. The van der Waals surface area contributed by atoms with Crippen LogP contribution in [0.15, 0.2) is 60.0 Å². The Kier molecular flexibility index (Phi) is 6.98. The molecule has 0 unspecified atom stereocenters. The number of rotatable bonds is 9. The van der Waals surface area contributed by atoms with Crippen LogP contribution in [0.1, 0.15) is 18.9 Å².